The minimum atomic E-state index is 0.205. The van der Waals surface area contributed by atoms with E-state index >= 15 is 0 Å². The van der Waals surface area contributed by atoms with Crippen LogP contribution in [0.2, 0.25) is 0 Å². The summed E-state index contributed by atoms with van der Waals surface area (Å²) in [7, 11) is 0. The molecule has 1 saturated carbocycles. The minimum Gasteiger partial charge on any atom is -0.378 e. The molecule has 0 bridgehead atoms. The third-order valence-corrected chi connectivity index (χ3v) is 5.21. The number of ether oxygens (including phenoxy) is 2. The van der Waals surface area contributed by atoms with Crippen molar-refractivity contribution in [3.05, 3.63) is 0 Å². The molecule has 0 aromatic rings. The quantitative estimate of drug-likeness (QED) is 0.841. The van der Waals surface area contributed by atoms with Crippen molar-refractivity contribution in [2.45, 2.75) is 75.5 Å². The van der Waals surface area contributed by atoms with Gasteiger partial charge in [0.2, 0.25) is 0 Å². The van der Waals surface area contributed by atoms with Crippen molar-refractivity contribution in [2.75, 3.05) is 13.2 Å². The van der Waals surface area contributed by atoms with Gasteiger partial charge in [0.25, 0.3) is 0 Å². The van der Waals surface area contributed by atoms with E-state index in [1.165, 1.54) is 44.9 Å². The van der Waals surface area contributed by atoms with Crippen LogP contribution in [0.25, 0.3) is 0 Å². The first-order chi connectivity index (χ1) is 8.77. The van der Waals surface area contributed by atoms with Crippen molar-refractivity contribution in [1.82, 2.24) is 0 Å². The van der Waals surface area contributed by atoms with Crippen LogP contribution in [0.3, 0.4) is 0 Å². The molecule has 3 fully saturated rings. The Morgan fingerprint density at radius 1 is 1.11 bits per heavy atom. The Hall–Kier alpha value is -0.120. The monoisotopic (exact) mass is 253 g/mol. The summed E-state index contributed by atoms with van der Waals surface area (Å²) >= 11 is 0. The number of hydrogen-bond donors (Lipinski definition) is 1. The van der Waals surface area contributed by atoms with Crippen LogP contribution in [0.4, 0.5) is 0 Å². The molecular weight excluding hydrogens is 226 g/mol. The highest BCUT2D eigenvalue weighted by Gasteiger charge is 2.41. The topological polar surface area (TPSA) is 44.5 Å². The molecular formula is C15H27NO2. The van der Waals surface area contributed by atoms with Gasteiger partial charge in [0.15, 0.2) is 0 Å². The van der Waals surface area contributed by atoms with E-state index in [1.54, 1.807) is 0 Å². The SMILES string of the molecule is NC(CC1CCCO1)C1CCOC2(CCCC2)C1. The van der Waals surface area contributed by atoms with E-state index in [1.807, 2.05) is 0 Å². The minimum absolute atomic E-state index is 0.205. The summed E-state index contributed by atoms with van der Waals surface area (Å²) in [6.07, 6.45) is 11.5. The fourth-order valence-corrected chi connectivity index (χ4v) is 4.13. The highest BCUT2D eigenvalue weighted by atomic mass is 16.5. The lowest BCUT2D eigenvalue weighted by molar-refractivity contribution is -0.0979. The molecule has 104 valence electrons. The smallest absolute Gasteiger partial charge is 0.0685 e. The van der Waals surface area contributed by atoms with Crippen LogP contribution in [0.5, 0.6) is 0 Å². The van der Waals surface area contributed by atoms with Crippen LogP contribution in [0, 0.1) is 5.92 Å². The molecule has 1 spiro atoms. The van der Waals surface area contributed by atoms with Gasteiger partial charge in [-0.3, -0.25) is 0 Å². The zero-order valence-corrected chi connectivity index (χ0v) is 11.4. The lowest BCUT2D eigenvalue weighted by Crippen LogP contribution is -2.44. The van der Waals surface area contributed by atoms with Crippen LogP contribution in [-0.4, -0.2) is 31.0 Å². The molecule has 0 radical (unpaired) electrons. The normalized spacial score (nSPS) is 37.2. The first-order valence-electron chi connectivity index (χ1n) is 7.79. The number of hydrogen-bond acceptors (Lipinski definition) is 3. The molecule has 0 amide bonds. The van der Waals surface area contributed by atoms with E-state index in [9.17, 15) is 0 Å². The summed E-state index contributed by atoms with van der Waals surface area (Å²) in [6.45, 7) is 1.86. The molecule has 3 heteroatoms. The molecule has 2 N–H and O–H groups in total. The first kappa shape index (κ1) is 12.9. The molecule has 0 aromatic heterocycles. The van der Waals surface area contributed by atoms with Gasteiger partial charge in [0.1, 0.15) is 0 Å². The van der Waals surface area contributed by atoms with E-state index in [4.69, 9.17) is 15.2 Å². The Labute approximate surface area is 110 Å². The van der Waals surface area contributed by atoms with Crippen LogP contribution in [0.15, 0.2) is 0 Å². The van der Waals surface area contributed by atoms with Gasteiger partial charge in [0, 0.05) is 19.3 Å². The summed E-state index contributed by atoms with van der Waals surface area (Å²) in [6, 6.07) is 0.314. The van der Waals surface area contributed by atoms with Crippen molar-refractivity contribution in [2.24, 2.45) is 11.7 Å². The maximum Gasteiger partial charge on any atom is 0.0685 e. The standard InChI is InChI=1S/C15H27NO2/c16-14(10-13-4-3-8-17-13)12-5-9-18-15(11-12)6-1-2-7-15/h12-14H,1-11,16H2. The molecule has 18 heavy (non-hydrogen) atoms. The highest BCUT2D eigenvalue weighted by molar-refractivity contribution is 4.94. The molecule has 2 heterocycles. The molecule has 1 aliphatic carbocycles. The van der Waals surface area contributed by atoms with Crippen molar-refractivity contribution < 1.29 is 9.47 Å². The zero-order chi connectivity index (χ0) is 12.4. The zero-order valence-electron chi connectivity index (χ0n) is 11.4. The Morgan fingerprint density at radius 3 is 2.67 bits per heavy atom. The third-order valence-electron chi connectivity index (χ3n) is 5.21. The second-order valence-electron chi connectivity index (χ2n) is 6.53. The molecule has 3 atom stereocenters. The van der Waals surface area contributed by atoms with Gasteiger partial charge in [-0.1, -0.05) is 12.8 Å². The lowest BCUT2D eigenvalue weighted by atomic mass is 9.79. The van der Waals surface area contributed by atoms with Crippen molar-refractivity contribution in [3.63, 3.8) is 0 Å². The molecule has 2 saturated heterocycles. The Balaban J connectivity index is 1.54. The lowest BCUT2D eigenvalue weighted by Gasteiger charge is -2.40. The van der Waals surface area contributed by atoms with Crippen molar-refractivity contribution >= 4 is 0 Å². The predicted octanol–water partition coefficient (Wildman–Crippen LogP) is 2.62. The summed E-state index contributed by atoms with van der Waals surface area (Å²) in [5.41, 5.74) is 6.65. The van der Waals surface area contributed by atoms with Crippen LogP contribution < -0.4 is 5.73 Å². The van der Waals surface area contributed by atoms with Gasteiger partial charge in [0.05, 0.1) is 11.7 Å². The van der Waals surface area contributed by atoms with E-state index in [0.717, 1.165) is 26.1 Å². The second kappa shape index (κ2) is 5.48. The van der Waals surface area contributed by atoms with E-state index in [2.05, 4.69) is 0 Å². The van der Waals surface area contributed by atoms with Gasteiger partial charge in [-0.15, -0.1) is 0 Å². The maximum atomic E-state index is 6.44. The van der Waals surface area contributed by atoms with Gasteiger partial charge in [-0.25, -0.2) is 0 Å². The average molecular weight is 253 g/mol. The highest BCUT2D eigenvalue weighted by Crippen LogP contribution is 2.43. The van der Waals surface area contributed by atoms with Crippen LogP contribution in [-0.2, 0) is 9.47 Å². The van der Waals surface area contributed by atoms with Crippen molar-refractivity contribution in [1.29, 1.82) is 0 Å². The third kappa shape index (κ3) is 2.73. The molecule has 0 aromatic carbocycles. The van der Waals surface area contributed by atoms with Gasteiger partial charge >= 0.3 is 0 Å². The Morgan fingerprint density at radius 2 is 1.94 bits per heavy atom. The summed E-state index contributed by atoms with van der Waals surface area (Å²) in [5, 5.41) is 0. The first-order valence-corrected chi connectivity index (χ1v) is 7.79. The van der Waals surface area contributed by atoms with Crippen molar-refractivity contribution in [3.8, 4) is 0 Å². The van der Waals surface area contributed by atoms with E-state index in [0.29, 0.717) is 18.1 Å². The molecule has 3 nitrogen and oxygen atoms in total. The molecule has 3 rings (SSSR count). The number of rotatable bonds is 3. The van der Waals surface area contributed by atoms with Gasteiger partial charge in [-0.05, 0) is 50.9 Å². The second-order valence-corrected chi connectivity index (χ2v) is 6.53. The maximum absolute atomic E-state index is 6.44. The van der Waals surface area contributed by atoms with Crippen LogP contribution in [0.1, 0.15) is 57.8 Å². The average Bonchev–Trinajstić information content (AvgIpc) is 3.02. The molecule has 3 unspecified atom stereocenters. The molecule has 3 aliphatic rings. The summed E-state index contributed by atoms with van der Waals surface area (Å²) in [4.78, 5) is 0. The van der Waals surface area contributed by atoms with E-state index < -0.39 is 0 Å². The predicted molar refractivity (Wildman–Crippen MR) is 71.4 cm³/mol. The van der Waals surface area contributed by atoms with Crippen LogP contribution >= 0.6 is 0 Å². The fraction of sp³-hybridized carbons (Fsp3) is 1.00. The van der Waals surface area contributed by atoms with Gasteiger partial charge in [-0.2, -0.15) is 0 Å². The van der Waals surface area contributed by atoms with E-state index in [-0.39, 0.29) is 5.60 Å². The Kier molecular flexibility index (Phi) is 3.92. The summed E-state index contributed by atoms with van der Waals surface area (Å²) < 4.78 is 11.8. The fourth-order valence-electron chi connectivity index (χ4n) is 4.13. The Bertz CT molecular complexity index is 270. The molecule has 2 aliphatic heterocycles. The largest absolute Gasteiger partial charge is 0.378 e. The van der Waals surface area contributed by atoms with Gasteiger partial charge < -0.3 is 15.2 Å². The number of nitrogens with two attached hydrogens (primary N) is 1. The summed E-state index contributed by atoms with van der Waals surface area (Å²) in [5.74, 6) is 0.654.